The molecule has 0 unspecified atom stereocenters. The molecular formula is C18H16N2O3. The number of nitrogens with zero attached hydrogens (tertiary/aromatic N) is 2. The van der Waals surface area contributed by atoms with Crippen molar-refractivity contribution in [2.24, 2.45) is 0 Å². The molecule has 1 aromatic heterocycles. The quantitative estimate of drug-likeness (QED) is 0.688. The van der Waals surface area contributed by atoms with Gasteiger partial charge in [0, 0.05) is 12.5 Å². The lowest BCUT2D eigenvalue weighted by Crippen LogP contribution is -2.00. The molecule has 3 rings (SSSR count). The number of hydrogen-bond acceptors (Lipinski definition) is 5. The SMILES string of the molecule is COC(=O)c1ccc(-c2cc(-c3nnc(C)o3)ccc2C)cc1. The van der Waals surface area contributed by atoms with Crippen LogP contribution in [0.15, 0.2) is 46.9 Å². The Labute approximate surface area is 133 Å². The summed E-state index contributed by atoms with van der Waals surface area (Å²) in [6.45, 7) is 3.80. The Balaban J connectivity index is 2.00. The van der Waals surface area contributed by atoms with Crippen molar-refractivity contribution in [3.8, 4) is 22.6 Å². The van der Waals surface area contributed by atoms with Crippen LogP contribution in [-0.4, -0.2) is 23.3 Å². The molecule has 0 saturated heterocycles. The van der Waals surface area contributed by atoms with Crippen LogP contribution >= 0.6 is 0 Å². The van der Waals surface area contributed by atoms with Crippen molar-refractivity contribution in [1.82, 2.24) is 10.2 Å². The minimum Gasteiger partial charge on any atom is -0.465 e. The van der Waals surface area contributed by atoms with E-state index in [1.54, 1.807) is 19.1 Å². The number of aromatic nitrogens is 2. The average Bonchev–Trinajstić information content (AvgIpc) is 3.01. The van der Waals surface area contributed by atoms with Crippen LogP contribution < -0.4 is 0 Å². The minimum atomic E-state index is -0.344. The van der Waals surface area contributed by atoms with E-state index in [-0.39, 0.29) is 5.97 Å². The highest BCUT2D eigenvalue weighted by molar-refractivity contribution is 5.90. The zero-order valence-electron chi connectivity index (χ0n) is 13.2. The molecule has 116 valence electrons. The highest BCUT2D eigenvalue weighted by atomic mass is 16.5. The minimum absolute atomic E-state index is 0.344. The summed E-state index contributed by atoms with van der Waals surface area (Å²) in [5.41, 5.74) is 4.57. The first-order valence-corrected chi connectivity index (χ1v) is 7.18. The van der Waals surface area contributed by atoms with Crippen LogP contribution in [0.2, 0.25) is 0 Å². The monoisotopic (exact) mass is 308 g/mol. The lowest BCUT2D eigenvalue weighted by Gasteiger charge is -2.08. The van der Waals surface area contributed by atoms with Gasteiger partial charge in [-0.2, -0.15) is 0 Å². The predicted molar refractivity (Wildman–Crippen MR) is 86.0 cm³/mol. The van der Waals surface area contributed by atoms with Gasteiger partial charge in [0.15, 0.2) is 0 Å². The Bertz CT molecular complexity index is 851. The van der Waals surface area contributed by atoms with E-state index in [1.807, 2.05) is 37.3 Å². The van der Waals surface area contributed by atoms with Gasteiger partial charge < -0.3 is 9.15 Å². The van der Waals surface area contributed by atoms with Crippen molar-refractivity contribution in [2.45, 2.75) is 13.8 Å². The van der Waals surface area contributed by atoms with Crippen LogP contribution in [-0.2, 0) is 4.74 Å². The van der Waals surface area contributed by atoms with Crippen LogP contribution in [0.4, 0.5) is 0 Å². The molecule has 5 nitrogen and oxygen atoms in total. The van der Waals surface area contributed by atoms with Crippen molar-refractivity contribution < 1.29 is 13.9 Å². The van der Waals surface area contributed by atoms with Gasteiger partial charge >= 0.3 is 5.97 Å². The lowest BCUT2D eigenvalue weighted by molar-refractivity contribution is 0.0601. The molecule has 3 aromatic rings. The summed E-state index contributed by atoms with van der Waals surface area (Å²) in [4.78, 5) is 11.5. The molecule has 0 saturated carbocycles. The molecule has 0 aliphatic heterocycles. The van der Waals surface area contributed by atoms with Crippen molar-refractivity contribution >= 4 is 5.97 Å². The van der Waals surface area contributed by atoms with Gasteiger partial charge in [0.1, 0.15) is 0 Å². The summed E-state index contributed by atoms with van der Waals surface area (Å²) in [6.07, 6.45) is 0. The van der Waals surface area contributed by atoms with Gasteiger partial charge in [-0.3, -0.25) is 0 Å². The second-order valence-electron chi connectivity index (χ2n) is 5.22. The second-order valence-corrected chi connectivity index (χ2v) is 5.22. The zero-order chi connectivity index (χ0) is 16.4. The number of benzene rings is 2. The lowest BCUT2D eigenvalue weighted by atomic mass is 9.97. The summed E-state index contributed by atoms with van der Waals surface area (Å²) < 4.78 is 10.2. The fourth-order valence-electron chi connectivity index (χ4n) is 2.38. The van der Waals surface area contributed by atoms with E-state index in [0.29, 0.717) is 17.3 Å². The number of rotatable bonds is 3. The third-order valence-corrected chi connectivity index (χ3v) is 3.63. The molecule has 0 atom stereocenters. The van der Waals surface area contributed by atoms with Crippen LogP contribution in [0.5, 0.6) is 0 Å². The summed E-state index contributed by atoms with van der Waals surface area (Å²) in [5, 5.41) is 7.91. The second kappa shape index (κ2) is 6.04. The molecule has 0 fully saturated rings. The smallest absolute Gasteiger partial charge is 0.337 e. The molecule has 0 radical (unpaired) electrons. The Morgan fingerprint density at radius 3 is 2.30 bits per heavy atom. The van der Waals surface area contributed by atoms with Gasteiger partial charge in [-0.05, 0) is 47.9 Å². The molecule has 23 heavy (non-hydrogen) atoms. The van der Waals surface area contributed by atoms with E-state index in [1.165, 1.54) is 7.11 Å². The van der Waals surface area contributed by atoms with Gasteiger partial charge in [0.2, 0.25) is 11.8 Å². The number of carbonyl (C=O) groups excluding carboxylic acids is 1. The Hall–Kier alpha value is -2.95. The average molecular weight is 308 g/mol. The largest absolute Gasteiger partial charge is 0.465 e. The summed E-state index contributed by atoms with van der Waals surface area (Å²) in [7, 11) is 1.37. The highest BCUT2D eigenvalue weighted by Crippen LogP contribution is 2.29. The van der Waals surface area contributed by atoms with E-state index < -0.39 is 0 Å². The van der Waals surface area contributed by atoms with Gasteiger partial charge in [-0.1, -0.05) is 18.2 Å². The van der Waals surface area contributed by atoms with E-state index in [4.69, 9.17) is 9.15 Å². The molecule has 0 N–H and O–H groups in total. The molecule has 1 heterocycles. The maximum absolute atomic E-state index is 11.5. The molecule has 0 aliphatic carbocycles. The third kappa shape index (κ3) is 2.99. The van der Waals surface area contributed by atoms with E-state index in [9.17, 15) is 4.79 Å². The predicted octanol–water partition coefficient (Wildman–Crippen LogP) is 3.81. The van der Waals surface area contributed by atoms with E-state index in [0.717, 1.165) is 22.3 Å². The molecule has 0 bridgehead atoms. The first kappa shape index (κ1) is 15.0. The number of methoxy groups -OCH3 is 1. The Morgan fingerprint density at radius 2 is 1.70 bits per heavy atom. The molecule has 2 aromatic carbocycles. The summed E-state index contributed by atoms with van der Waals surface area (Å²) in [5.74, 6) is 0.683. The van der Waals surface area contributed by atoms with Gasteiger partial charge in [-0.25, -0.2) is 4.79 Å². The van der Waals surface area contributed by atoms with E-state index >= 15 is 0 Å². The fraction of sp³-hybridized carbons (Fsp3) is 0.167. The topological polar surface area (TPSA) is 65.2 Å². The van der Waals surface area contributed by atoms with Gasteiger partial charge in [-0.15, -0.1) is 10.2 Å². The number of aryl methyl sites for hydroxylation is 2. The van der Waals surface area contributed by atoms with Crippen LogP contribution in [0.3, 0.4) is 0 Å². The van der Waals surface area contributed by atoms with Crippen molar-refractivity contribution in [3.05, 3.63) is 59.5 Å². The standard InChI is InChI=1S/C18H16N2O3/c1-11-4-5-15(17-20-19-12(2)23-17)10-16(11)13-6-8-14(9-7-13)18(21)22-3/h4-10H,1-3H3. The van der Waals surface area contributed by atoms with Crippen LogP contribution in [0.25, 0.3) is 22.6 Å². The van der Waals surface area contributed by atoms with Crippen LogP contribution in [0, 0.1) is 13.8 Å². The Morgan fingerprint density at radius 1 is 1.00 bits per heavy atom. The van der Waals surface area contributed by atoms with Crippen LogP contribution in [0.1, 0.15) is 21.8 Å². The highest BCUT2D eigenvalue weighted by Gasteiger charge is 2.11. The van der Waals surface area contributed by atoms with Crippen molar-refractivity contribution in [1.29, 1.82) is 0 Å². The normalized spacial score (nSPS) is 10.6. The first-order valence-electron chi connectivity index (χ1n) is 7.18. The zero-order valence-corrected chi connectivity index (χ0v) is 13.2. The molecule has 0 aliphatic rings. The Kier molecular flexibility index (Phi) is 3.93. The fourth-order valence-corrected chi connectivity index (χ4v) is 2.38. The number of carbonyl (C=O) groups is 1. The third-order valence-electron chi connectivity index (χ3n) is 3.63. The van der Waals surface area contributed by atoms with Gasteiger partial charge in [0.05, 0.1) is 12.7 Å². The first-order chi connectivity index (χ1) is 11.1. The molecular weight excluding hydrogens is 292 g/mol. The molecule has 0 spiro atoms. The summed E-state index contributed by atoms with van der Waals surface area (Å²) >= 11 is 0. The van der Waals surface area contributed by atoms with Crippen molar-refractivity contribution in [3.63, 3.8) is 0 Å². The summed E-state index contributed by atoms with van der Waals surface area (Å²) in [6, 6.07) is 13.3. The van der Waals surface area contributed by atoms with Crippen molar-refractivity contribution in [2.75, 3.05) is 7.11 Å². The maximum Gasteiger partial charge on any atom is 0.337 e. The number of ether oxygens (including phenoxy) is 1. The van der Waals surface area contributed by atoms with Gasteiger partial charge in [0.25, 0.3) is 0 Å². The molecule has 5 heteroatoms. The number of esters is 1. The molecule has 0 amide bonds. The number of hydrogen-bond donors (Lipinski definition) is 0. The maximum atomic E-state index is 11.5. The van der Waals surface area contributed by atoms with E-state index in [2.05, 4.69) is 10.2 Å².